The van der Waals surface area contributed by atoms with Crippen LogP contribution in [0.3, 0.4) is 0 Å². The molecule has 5 heteroatoms. The van der Waals surface area contributed by atoms with Gasteiger partial charge in [-0.1, -0.05) is 29.8 Å². The lowest BCUT2D eigenvalue weighted by Crippen LogP contribution is -2.44. The van der Waals surface area contributed by atoms with Gasteiger partial charge in [-0.15, -0.1) is 0 Å². The van der Waals surface area contributed by atoms with Crippen molar-refractivity contribution in [3.63, 3.8) is 0 Å². The summed E-state index contributed by atoms with van der Waals surface area (Å²) in [6, 6.07) is 17.8. The first-order valence-electron chi connectivity index (χ1n) is 9.50. The van der Waals surface area contributed by atoms with E-state index in [0.29, 0.717) is 6.54 Å². The molecular formula is C23H25N3O2. The van der Waals surface area contributed by atoms with Crippen LogP contribution in [0.5, 0.6) is 5.75 Å². The van der Waals surface area contributed by atoms with E-state index in [1.807, 2.05) is 29.2 Å². The van der Waals surface area contributed by atoms with Crippen molar-refractivity contribution >= 4 is 11.7 Å². The molecule has 1 aliphatic heterocycles. The molecule has 5 nitrogen and oxygen atoms in total. The number of ether oxygens (including phenoxy) is 1. The number of hydrogen-bond donors (Lipinski definition) is 1. The number of hydrogen-bond acceptors (Lipinski definition) is 2. The van der Waals surface area contributed by atoms with Gasteiger partial charge in [-0.2, -0.15) is 0 Å². The topological polar surface area (TPSA) is 46.5 Å². The summed E-state index contributed by atoms with van der Waals surface area (Å²) in [4.78, 5) is 15.1. The lowest BCUT2D eigenvalue weighted by Gasteiger charge is -2.38. The monoisotopic (exact) mass is 375 g/mol. The Hall–Kier alpha value is -3.21. The van der Waals surface area contributed by atoms with Crippen LogP contribution in [0.1, 0.15) is 28.4 Å². The number of benzene rings is 2. The molecule has 1 aliphatic rings. The zero-order valence-corrected chi connectivity index (χ0v) is 16.5. The Bertz CT molecular complexity index is 1010. The molecule has 0 spiro atoms. The van der Waals surface area contributed by atoms with Crippen LogP contribution in [0.4, 0.5) is 10.5 Å². The highest BCUT2D eigenvalue weighted by Crippen LogP contribution is 2.35. The summed E-state index contributed by atoms with van der Waals surface area (Å²) in [7, 11) is 1.62. The first kappa shape index (κ1) is 18.2. The summed E-state index contributed by atoms with van der Waals surface area (Å²) < 4.78 is 7.50. The van der Waals surface area contributed by atoms with E-state index >= 15 is 0 Å². The number of carbonyl (C=O) groups is 1. The fraction of sp³-hybridized carbons (Fsp3) is 0.261. The van der Waals surface area contributed by atoms with Crippen LogP contribution in [0.2, 0.25) is 0 Å². The quantitative estimate of drug-likeness (QED) is 0.718. The van der Waals surface area contributed by atoms with E-state index < -0.39 is 0 Å². The molecule has 0 bridgehead atoms. The van der Waals surface area contributed by atoms with Gasteiger partial charge in [0, 0.05) is 36.7 Å². The Morgan fingerprint density at radius 2 is 1.93 bits per heavy atom. The van der Waals surface area contributed by atoms with Crippen molar-refractivity contribution in [3.05, 3.63) is 83.2 Å². The number of rotatable bonds is 3. The first-order chi connectivity index (χ1) is 13.6. The first-order valence-corrected chi connectivity index (χ1v) is 9.50. The van der Waals surface area contributed by atoms with Gasteiger partial charge in [0.15, 0.2) is 0 Å². The fourth-order valence-corrected chi connectivity index (χ4v) is 3.96. The van der Waals surface area contributed by atoms with Crippen LogP contribution < -0.4 is 10.1 Å². The molecule has 1 N–H and O–H groups in total. The molecule has 2 aromatic carbocycles. The molecule has 0 aliphatic carbocycles. The maximum atomic E-state index is 13.2. The number of aromatic nitrogens is 1. The number of amides is 2. The average Bonchev–Trinajstić information content (AvgIpc) is 3.16. The highest BCUT2D eigenvalue weighted by Gasteiger charge is 2.33. The number of nitrogens with zero attached hydrogens (tertiary/aromatic N) is 2. The van der Waals surface area contributed by atoms with Crippen molar-refractivity contribution in [3.8, 4) is 5.75 Å². The minimum Gasteiger partial charge on any atom is -0.497 e. The average molecular weight is 375 g/mol. The molecule has 0 saturated carbocycles. The molecule has 2 heterocycles. The SMILES string of the molecule is COc1cccc(NC(=O)N2CCn3cccc3C2c2ccc(C)cc2C)c1. The van der Waals surface area contributed by atoms with Crippen LogP contribution in [0, 0.1) is 13.8 Å². The Kier molecular flexibility index (Phi) is 4.82. The minimum absolute atomic E-state index is 0.106. The number of anilines is 1. The van der Waals surface area contributed by atoms with Gasteiger partial charge in [0.1, 0.15) is 5.75 Å². The standard InChI is InChI=1S/C23H25N3O2/c1-16-9-10-20(17(2)14-16)22-21-8-5-11-25(21)12-13-26(22)23(27)24-18-6-4-7-19(15-18)28-3/h4-11,14-15,22H,12-13H2,1-3H3,(H,24,27). The molecule has 144 valence electrons. The highest BCUT2D eigenvalue weighted by atomic mass is 16.5. The number of fused-ring (bicyclic) bond motifs is 1. The van der Waals surface area contributed by atoms with Gasteiger partial charge in [-0.05, 0) is 49.2 Å². The van der Waals surface area contributed by atoms with Gasteiger partial charge in [0.25, 0.3) is 0 Å². The molecule has 3 aromatic rings. The molecule has 0 fully saturated rings. The van der Waals surface area contributed by atoms with Crippen molar-refractivity contribution in [1.29, 1.82) is 0 Å². The van der Waals surface area contributed by atoms with Crippen molar-refractivity contribution in [1.82, 2.24) is 9.47 Å². The van der Waals surface area contributed by atoms with Crippen LogP contribution >= 0.6 is 0 Å². The third kappa shape index (κ3) is 3.36. The normalized spacial score (nSPS) is 15.8. The molecule has 1 atom stereocenters. The van der Waals surface area contributed by atoms with Crippen LogP contribution in [-0.2, 0) is 6.54 Å². The smallest absolute Gasteiger partial charge is 0.322 e. The van der Waals surface area contributed by atoms with Gasteiger partial charge in [-0.3, -0.25) is 0 Å². The molecule has 2 amide bonds. The second-order valence-electron chi connectivity index (χ2n) is 7.24. The van der Waals surface area contributed by atoms with E-state index in [1.54, 1.807) is 7.11 Å². The van der Waals surface area contributed by atoms with Crippen LogP contribution in [-0.4, -0.2) is 29.2 Å². The Morgan fingerprint density at radius 3 is 2.71 bits per heavy atom. The van der Waals surface area contributed by atoms with E-state index in [2.05, 4.69) is 60.3 Å². The highest BCUT2D eigenvalue weighted by molar-refractivity contribution is 5.90. The lowest BCUT2D eigenvalue weighted by molar-refractivity contribution is 0.181. The van der Waals surface area contributed by atoms with Gasteiger partial charge in [0.2, 0.25) is 0 Å². The van der Waals surface area contributed by atoms with Crippen LogP contribution in [0.25, 0.3) is 0 Å². The molecule has 0 saturated heterocycles. The fourth-order valence-electron chi connectivity index (χ4n) is 3.96. The van der Waals surface area contributed by atoms with E-state index in [4.69, 9.17) is 4.74 Å². The van der Waals surface area contributed by atoms with E-state index in [1.165, 1.54) is 11.1 Å². The summed E-state index contributed by atoms with van der Waals surface area (Å²) >= 11 is 0. The van der Waals surface area contributed by atoms with Gasteiger partial charge in [-0.25, -0.2) is 4.79 Å². The lowest BCUT2D eigenvalue weighted by atomic mass is 9.94. The molecule has 28 heavy (non-hydrogen) atoms. The summed E-state index contributed by atoms with van der Waals surface area (Å²) in [5.74, 6) is 0.719. The molecular weight excluding hydrogens is 350 g/mol. The van der Waals surface area contributed by atoms with Crippen molar-refractivity contribution in [2.75, 3.05) is 19.0 Å². The molecule has 1 unspecified atom stereocenters. The summed E-state index contributed by atoms with van der Waals surface area (Å²) in [5, 5.41) is 3.04. The number of urea groups is 1. The number of aryl methyl sites for hydroxylation is 2. The summed E-state index contributed by atoms with van der Waals surface area (Å²) in [6.07, 6.45) is 2.09. The zero-order chi connectivity index (χ0) is 19.7. The third-order valence-corrected chi connectivity index (χ3v) is 5.34. The van der Waals surface area contributed by atoms with E-state index in [9.17, 15) is 4.79 Å². The maximum Gasteiger partial charge on any atom is 0.322 e. The number of carbonyl (C=O) groups excluding carboxylic acids is 1. The number of methoxy groups -OCH3 is 1. The minimum atomic E-state index is -0.116. The largest absolute Gasteiger partial charge is 0.497 e. The summed E-state index contributed by atoms with van der Waals surface area (Å²) in [5.41, 5.74) is 5.44. The van der Waals surface area contributed by atoms with Crippen molar-refractivity contribution in [2.45, 2.75) is 26.4 Å². The predicted molar refractivity (Wildman–Crippen MR) is 111 cm³/mol. The van der Waals surface area contributed by atoms with Crippen molar-refractivity contribution in [2.24, 2.45) is 0 Å². The molecule has 4 rings (SSSR count). The predicted octanol–water partition coefficient (Wildman–Crippen LogP) is 4.75. The van der Waals surface area contributed by atoms with Gasteiger partial charge >= 0.3 is 6.03 Å². The Balaban J connectivity index is 1.69. The van der Waals surface area contributed by atoms with Gasteiger partial charge < -0.3 is 19.5 Å². The van der Waals surface area contributed by atoms with E-state index in [-0.39, 0.29) is 12.1 Å². The van der Waals surface area contributed by atoms with Crippen molar-refractivity contribution < 1.29 is 9.53 Å². The zero-order valence-electron chi connectivity index (χ0n) is 16.5. The van der Waals surface area contributed by atoms with Crippen LogP contribution in [0.15, 0.2) is 60.8 Å². The second kappa shape index (κ2) is 7.43. The third-order valence-electron chi connectivity index (χ3n) is 5.34. The molecule has 0 radical (unpaired) electrons. The van der Waals surface area contributed by atoms with E-state index in [0.717, 1.165) is 29.2 Å². The Labute approximate surface area is 165 Å². The van der Waals surface area contributed by atoms with Gasteiger partial charge in [0.05, 0.1) is 13.2 Å². The number of nitrogens with one attached hydrogen (secondary N) is 1. The second-order valence-corrected chi connectivity index (χ2v) is 7.24. The maximum absolute atomic E-state index is 13.2. The Morgan fingerprint density at radius 1 is 1.07 bits per heavy atom. The summed E-state index contributed by atoms with van der Waals surface area (Å²) in [6.45, 7) is 5.64. The molecule has 1 aromatic heterocycles.